The number of hydrogen-bond donors (Lipinski definition) is 2. The Kier molecular flexibility index (Phi) is 3.55. The molecule has 0 spiro atoms. The van der Waals surface area contributed by atoms with Crippen molar-refractivity contribution in [3.8, 4) is 6.01 Å². The lowest BCUT2D eigenvalue weighted by Gasteiger charge is -2.23. The molecule has 1 saturated heterocycles. The number of rotatable bonds is 4. The van der Waals surface area contributed by atoms with E-state index in [4.69, 9.17) is 15.3 Å². The number of nitrogen functional groups attached to an aromatic ring is 1. The molecular formula is C9H16N6O2. The van der Waals surface area contributed by atoms with E-state index in [2.05, 4.69) is 20.4 Å². The number of methoxy groups -OCH3 is 1. The lowest BCUT2D eigenvalue weighted by molar-refractivity contribution is 0.193. The number of hydrazine groups is 1. The molecule has 8 heteroatoms. The predicted octanol–water partition coefficient (Wildman–Crippen LogP) is -0.609. The third-order valence-corrected chi connectivity index (χ3v) is 2.68. The lowest BCUT2D eigenvalue weighted by Crippen LogP contribution is -2.33. The molecule has 17 heavy (non-hydrogen) atoms. The lowest BCUT2D eigenvalue weighted by atomic mass is 10.2. The van der Waals surface area contributed by atoms with E-state index < -0.39 is 0 Å². The van der Waals surface area contributed by atoms with Crippen LogP contribution in [0.3, 0.4) is 0 Å². The number of hydrogen-bond acceptors (Lipinski definition) is 8. The zero-order valence-corrected chi connectivity index (χ0v) is 9.88. The van der Waals surface area contributed by atoms with Crippen molar-refractivity contribution >= 4 is 11.9 Å². The molecule has 1 aromatic heterocycles. The highest BCUT2D eigenvalue weighted by molar-refractivity contribution is 5.38. The zero-order chi connectivity index (χ0) is 12.3. The van der Waals surface area contributed by atoms with Gasteiger partial charge in [0.2, 0.25) is 11.9 Å². The third kappa shape index (κ3) is 2.53. The fourth-order valence-corrected chi connectivity index (χ4v) is 1.65. The summed E-state index contributed by atoms with van der Waals surface area (Å²) in [6.45, 7) is 1.44. The molecule has 8 nitrogen and oxygen atoms in total. The summed E-state index contributed by atoms with van der Waals surface area (Å²) in [5.41, 5.74) is 2.39. The van der Waals surface area contributed by atoms with Gasteiger partial charge in [-0.25, -0.2) is 5.84 Å². The average Bonchev–Trinajstić information content (AvgIpc) is 2.91. The highest BCUT2D eigenvalue weighted by Crippen LogP contribution is 2.19. The quantitative estimate of drug-likeness (QED) is 0.531. The minimum Gasteiger partial charge on any atom is -0.467 e. The van der Waals surface area contributed by atoms with Crippen molar-refractivity contribution in [2.45, 2.75) is 12.5 Å². The molecule has 3 N–H and O–H groups in total. The minimum atomic E-state index is 0.230. The van der Waals surface area contributed by atoms with Gasteiger partial charge in [0.1, 0.15) is 0 Å². The second kappa shape index (κ2) is 5.11. The van der Waals surface area contributed by atoms with Crippen molar-refractivity contribution < 1.29 is 9.47 Å². The van der Waals surface area contributed by atoms with Gasteiger partial charge in [0, 0.05) is 13.7 Å². The first-order valence-electron chi connectivity index (χ1n) is 5.32. The van der Waals surface area contributed by atoms with Crippen LogP contribution in [-0.2, 0) is 4.74 Å². The Morgan fingerprint density at radius 2 is 2.29 bits per heavy atom. The topological polar surface area (TPSA) is 98.4 Å². The summed E-state index contributed by atoms with van der Waals surface area (Å²) in [4.78, 5) is 14.2. The number of ether oxygens (including phenoxy) is 2. The number of aromatic nitrogens is 3. The Bertz CT molecular complexity index is 359. The van der Waals surface area contributed by atoms with Crippen LogP contribution in [0.1, 0.15) is 6.42 Å². The second-order valence-electron chi connectivity index (χ2n) is 3.72. The molecule has 2 rings (SSSR count). The molecule has 1 fully saturated rings. The van der Waals surface area contributed by atoms with Gasteiger partial charge in [0.05, 0.1) is 19.8 Å². The Morgan fingerprint density at radius 1 is 1.47 bits per heavy atom. The van der Waals surface area contributed by atoms with Gasteiger partial charge in [-0.1, -0.05) is 0 Å². The number of likely N-dealkylation sites (N-methyl/N-ethyl adjacent to an activating group) is 1. The Morgan fingerprint density at radius 3 is 2.88 bits per heavy atom. The van der Waals surface area contributed by atoms with Crippen LogP contribution in [0.4, 0.5) is 11.9 Å². The van der Waals surface area contributed by atoms with E-state index in [0.29, 0.717) is 12.6 Å². The van der Waals surface area contributed by atoms with E-state index in [1.165, 1.54) is 7.11 Å². The van der Waals surface area contributed by atoms with Crippen LogP contribution in [0.25, 0.3) is 0 Å². The molecule has 0 radical (unpaired) electrons. The summed E-state index contributed by atoms with van der Waals surface area (Å²) in [5, 5.41) is 0. The molecule has 0 aliphatic carbocycles. The van der Waals surface area contributed by atoms with Gasteiger partial charge in [-0.3, -0.25) is 5.43 Å². The van der Waals surface area contributed by atoms with Gasteiger partial charge in [-0.05, 0) is 6.42 Å². The molecule has 2 heterocycles. The van der Waals surface area contributed by atoms with Gasteiger partial charge in [-0.2, -0.15) is 15.0 Å². The SMILES string of the molecule is COc1nc(NN)nc(N(C)C2CCOC2)n1. The Labute approximate surface area is 99.1 Å². The van der Waals surface area contributed by atoms with Crippen molar-refractivity contribution in [1.29, 1.82) is 0 Å². The summed E-state index contributed by atoms with van der Waals surface area (Å²) in [7, 11) is 3.41. The molecule has 94 valence electrons. The van der Waals surface area contributed by atoms with Crippen molar-refractivity contribution in [3.63, 3.8) is 0 Å². The molecule has 1 atom stereocenters. The maximum Gasteiger partial charge on any atom is 0.322 e. The molecule has 1 aromatic rings. The molecule has 0 aromatic carbocycles. The Hall–Kier alpha value is -1.67. The smallest absolute Gasteiger partial charge is 0.322 e. The predicted molar refractivity (Wildman–Crippen MR) is 61.8 cm³/mol. The van der Waals surface area contributed by atoms with Gasteiger partial charge in [0.25, 0.3) is 0 Å². The molecular weight excluding hydrogens is 224 g/mol. The number of nitrogens with one attached hydrogen (secondary N) is 1. The van der Waals surface area contributed by atoms with Crippen LogP contribution in [0.5, 0.6) is 6.01 Å². The molecule has 1 aliphatic heterocycles. The first-order valence-corrected chi connectivity index (χ1v) is 5.32. The van der Waals surface area contributed by atoms with E-state index in [9.17, 15) is 0 Å². The number of nitrogens with zero attached hydrogens (tertiary/aromatic N) is 4. The van der Waals surface area contributed by atoms with Crippen LogP contribution < -0.4 is 20.9 Å². The van der Waals surface area contributed by atoms with E-state index >= 15 is 0 Å². The zero-order valence-electron chi connectivity index (χ0n) is 9.88. The normalized spacial score (nSPS) is 19.1. The Balaban J connectivity index is 2.23. The van der Waals surface area contributed by atoms with E-state index in [0.717, 1.165) is 13.0 Å². The molecule has 1 aliphatic rings. The first kappa shape index (κ1) is 11.8. The van der Waals surface area contributed by atoms with E-state index in [1.54, 1.807) is 0 Å². The van der Waals surface area contributed by atoms with Gasteiger partial charge in [0.15, 0.2) is 0 Å². The highest BCUT2D eigenvalue weighted by Gasteiger charge is 2.23. The van der Waals surface area contributed by atoms with Crippen molar-refractivity contribution in [3.05, 3.63) is 0 Å². The summed E-state index contributed by atoms with van der Waals surface area (Å²) < 4.78 is 10.3. The van der Waals surface area contributed by atoms with Gasteiger partial charge >= 0.3 is 6.01 Å². The fraction of sp³-hybridized carbons (Fsp3) is 0.667. The third-order valence-electron chi connectivity index (χ3n) is 2.68. The highest BCUT2D eigenvalue weighted by atomic mass is 16.5. The minimum absolute atomic E-state index is 0.230. The van der Waals surface area contributed by atoms with Crippen LogP contribution in [0.2, 0.25) is 0 Å². The van der Waals surface area contributed by atoms with Gasteiger partial charge < -0.3 is 14.4 Å². The molecule has 1 unspecified atom stereocenters. The molecule has 0 saturated carbocycles. The largest absolute Gasteiger partial charge is 0.467 e. The maximum absolute atomic E-state index is 5.33. The van der Waals surface area contributed by atoms with Crippen molar-refractivity contribution in [2.75, 3.05) is 37.7 Å². The summed E-state index contributed by atoms with van der Waals surface area (Å²) >= 11 is 0. The van der Waals surface area contributed by atoms with Gasteiger partial charge in [-0.15, -0.1) is 0 Å². The fourth-order valence-electron chi connectivity index (χ4n) is 1.65. The summed E-state index contributed by atoms with van der Waals surface area (Å²) in [6, 6.07) is 0.501. The van der Waals surface area contributed by atoms with Crippen LogP contribution in [0, 0.1) is 0 Å². The first-order chi connectivity index (χ1) is 8.24. The van der Waals surface area contributed by atoms with Crippen molar-refractivity contribution in [1.82, 2.24) is 15.0 Å². The van der Waals surface area contributed by atoms with Crippen LogP contribution in [0.15, 0.2) is 0 Å². The summed E-state index contributed by atoms with van der Waals surface area (Å²) in [6.07, 6.45) is 0.954. The second-order valence-corrected chi connectivity index (χ2v) is 3.72. The number of anilines is 2. The van der Waals surface area contributed by atoms with E-state index in [1.807, 2.05) is 11.9 Å². The van der Waals surface area contributed by atoms with E-state index in [-0.39, 0.29) is 18.0 Å². The number of nitrogens with two attached hydrogens (primary N) is 1. The summed E-state index contributed by atoms with van der Waals surface area (Å²) in [5.74, 6) is 6.08. The maximum atomic E-state index is 5.33. The van der Waals surface area contributed by atoms with Crippen LogP contribution >= 0.6 is 0 Å². The van der Waals surface area contributed by atoms with Crippen molar-refractivity contribution in [2.24, 2.45) is 5.84 Å². The average molecular weight is 240 g/mol. The standard InChI is InChI=1S/C9H16N6O2/c1-15(6-3-4-17-5-6)8-11-7(14-10)12-9(13-8)16-2/h6H,3-5,10H2,1-2H3,(H,11,12,13,14). The monoisotopic (exact) mass is 240 g/mol. The van der Waals surface area contributed by atoms with Crippen LogP contribution in [-0.4, -0.2) is 48.4 Å². The molecule has 0 amide bonds. The molecule has 0 bridgehead atoms.